The minimum atomic E-state index is -0.132. The Morgan fingerprint density at radius 2 is 1.87 bits per heavy atom. The maximum atomic E-state index is 12.7. The van der Waals surface area contributed by atoms with Crippen LogP contribution in [0.5, 0.6) is 0 Å². The van der Waals surface area contributed by atoms with Crippen LogP contribution in [0.1, 0.15) is 27.3 Å². The highest BCUT2D eigenvalue weighted by molar-refractivity contribution is 6.04. The second-order valence-electron chi connectivity index (χ2n) is 5.57. The topological polar surface area (TPSA) is 46.9 Å². The van der Waals surface area contributed by atoms with E-state index in [1.807, 2.05) is 74.0 Å². The van der Waals surface area contributed by atoms with Gasteiger partial charge in [0.1, 0.15) is 5.69 Å². The fourth-order valence-electron chi connectivity index (χ4n) is 2.58. The summed E-state index contributed by atoms with van der Waals surface area (Å²) >= 11 is 0. The van der Waals surface area contributed by atoms with Gasteiger partial charge >= 0.3 is 0 Å². The van der Waals surface area contributed by atoms with Crippen LogP contribution in [0.4, 0.5) is 5.69 Å². The Bertz CT molecular complexity index is 865. The SMILES string of the molecule is Cc1cccc(NC(=O)c2cccn2-c2cccnc2C)c1C. The zero-order chi connectivity index (χ0) is 16.4. The van der Waals surface area contributed by atoms with Crippen LogP contribution in [0.15, 0.2) is 54.9 Å². The number of aromatic nitrogens is 2. The standard InChI is InChI=1S/C19H19N3O/c1-13-7-4-8-16(14(13)2)21-19(23)18-10-6-12-22(18)17-9-5-11-20-15(17)3/h4-12H,1-3H3,(H,21,23). The molecule has 116 valence electrons. The summed E-state index contributed by atoms with van der Waals surface area (Å²) in [5.41, 5.74) is 5.44. The van der Waals surface area contributed by atoms with Crippen molar-refractivity contribution in [1.29, 1.82) is 0 Å². The molecule has 0 saturated carbocycles. The van der Waals surface area contributed by atoms with Crippen LogP contribution in [0.3, 0.4) is 0 Å². The number of hydrogen-bond acceptors (Lipinski definition) is 2. The largest absolute Gasteiger partial charge is 0.320 e. The summed E-state index contributed by atoms with van der Waals surface area (Å²) < 4.78 is 1.86. The molecule has 0 radical (unpaired) electrons. The second kappa shape index (κ2) is 6.08. The van der Waals surface area contributed by atoms with E-state index < -0.39 is 0 Å². The monoisotopic (exact) mass is 305 g/mol. The number of anilines is 1. The van der Waals surface area contributed by atoms with E-state index in [-0.39, 0.29) is 5.91 Å². The first-order valence-corrected chi connectivity index (χ1v) is 7.55. The normalized spacial score (nSPS) is 10.6. The molecule has 1 aromatic carbocycles. The van der Waals surface area contributed by atoms with Crippen molar-refractivity contribution < 1.29 is 4.79 Å². The fraction of sp³-hybridized carbons (Fsp3) is 0.158. The fourth-order valence-corrected chi connectivity index (χ4v) is 2.58. The summed E-state index contributed by atoms with van der Waals surface area (Å²) in [5.74, 6) is -0.132. The molecular formula is C19H19N3O. The van der Waals surface area contributed by atoms with Crippen LogP contribution in [-0.2, 0) is 0 Å². The Balaban J connectivity index is 1.95. The lowest BCUT2D eigenvalue weighted by Gasteiger charge is -2.13. The number of nitrogens with zero attached hydrogens (tertiary/aromatic N) is 2. The van der Waals surface area contributed by atoms with Crippen molar-refractivity contribution in [2.75, 3.05) is 5.32 Å². The molecule has 4 nitrogen and oxygen atoms in total. The Kier molecular flexibility index (Phi) is 3.98. The number of pyridine rings is 1. The van der Waals surface area contributed by atoms with Gasteiger partial charge in [-0.25, -0.2) is 0 Å². The molecule has 23 heavy (non-hydrogen) atoms. The Hall–Kier alpha value is -2.88. The lowest BCUT2D eigenvalue weighted by Crippen LogP contribution is -2.17. The van der Waals surface area contributed by atoms with Gasteiger partial charge in [0.05, 0.1) is 11.4 Å². The smallest absolute Gasteiger partial charge is 0.272 e. The highest BCUT2D eigenvalue weighted by atomic mass is 16.1. The summed E-state index contributed by atoms with van der Waals surface area (Å²) in [6.45, 7) is 5.98. The van der Waals surface area contributed by atoms with Crippen molar-refractivity contribution in [2.24, 2.45) is 0 Å². The molecule has 2 heterocycles. The minimum Gasteiger partial charge on any atom is -0.320 e. The molecule has 1 N–H and O–H groups in total. The molecule has 0 aliphatic heterocycles. The van der Waals surface area contributed by atoms with Gasteiger partial charge in [-0.1, -0.05) is 12.1 Å². The van der Waals surface area contributed by atoms with E-state index in [9.17, 15) is 4.79 Å². The summed E-state index contributed by atoms with van der Waals surface area (Å²) in [6.07, 6.45) is 3.63. The molecule has 0 spiro atoms. The van der Waals surface area contributed by atoms with Crippen LogP contribution >= 0.6 is 0 Å². The zero-order valence-electron chi connectivity index (χ0n) is 13.5. The van der Waals surface area contributed by atoms with E-state index in [1.165, 1.54) is 0 Å². The third kappa shape index (κ3) is 2.88. The second-order valence-corrected chi connectivity index (χ2v) is 5.57. The number of amides is 1. The summed E-state index contributed by atoms with van der Waals surface area (Å²) in [6, 6.07) is 13.4. The first-order chi connectivity index (χ1) is 11.1. The van der Waals surface area contributed by atoms with E-state index in [0.29, 0.717) is 5.69 Å². The lowest BCUT2D eigenvalue weighted by atomic mass is 10.1. The van der Waals surface area contributed by atoms with E-state index in [1.54, 1.807) is 6.20 Å². The van der Waals surface area contributed by atoms with Crippen molar-refractivity contribution in [2.45, 2.75) is 20.8 Å². The Morgan fingerprint density at radius 1 is 1.04 bits per heavy atom. The van der Waals surface area contributed by atoms with E-state index in [4.69, 9.17) is 0 Å². The zero-order valence-corrected chi connectivity index (χ0v) is 13.5. The first-order valence-electron chi connectivity index (χ1n) is 7.55. The van der Waals surface area contributed by atoms with Gasteiger partial charge in [-0.05, 0) is 62.2 Å². The predicted octanol–water partition coefficient (Wildman–Crippen LogP) is 4.05. The van der Waals surface area contributed by atoms with Crippen molar-refractivity contribution in [3.63, 3.8) is 0 Å². The molecule has 3 rings (SSSR count). The first kappa shape index (κ1) is 15.0. The van der Waals surface area contributed by atoms with Crippen molar-refractivity contribution >= 4 is 11.6 Å². The third-order valence-corrected chi connectivity index (χ3v) is 4.07. The molecule has 0 saturated heterocycles. The molecule has 0 bridgehead atoms. The van der Waals surface area contributed by atoms with Gasteiger partial charge in [-0.3, -0.25) is 9.78 Å². The van der Waals surface area contributed by atoms with Crippen LogP contribution in [-0.4, -0.2) is 15.5 Å². The van der Waals surface area contributed by atoms with Crippen LogP contribution in [0.25, 0.3) is 5.69 Å². The average Bonchev–Trinajstić information content (AvgIpc) is 3.02. The summed E-state index contributed by atoms with van der Waals surface area (Å²) in [5, 5.41) is 3.00. The number of hydrogen-bond donors (Lipinski definition) is 1. The van der Waals surface area contributed by atoms with E-state index >= 15 is 0 Å². The van der Waals surface area contributed by atoms with Crippen molar-refractivity contribution in [3.8, 4) is 5.69 Å². The molecule has 3 aromatic rings. The molecule has 0 atom stereocenters. The Morgan fingerprint density at radius 3 is 2.65 bits per heavy atom. The maximum Gasteiger partial charge on any atom is 0.272 e. The molecule has 4 heteroatoms. The molecule has 0 unspecified atom stereocenters. The minimum absolute atomic E-state index is 0.132. The Labute approximate surface area is 135 Å². The molecule has 0 aliphatic carbocycles. The lowest BCUT2D eigenvalue weighted by molar-refractivity contribution is 0.102. The number of benzene rings is 1. The van der Waals surface area contributed by atoms with Gasteiger partial charge in [-0.2, -0.15) is 0 Å². The van der Waals surface area contributed by atoms with E-state index in [0.717, 1.165) is 28.2 Å². The van der Waals surface area contributed by atoms with E-state index in [2.05, 4.69) is 10.3 Å². The number of carbonyl (C=O) groups is 1. The van der Waals surface area contributed by atoms with Gasteiger partial charge in [0.25, 0.3) is 5.91 Å². The molecule has 1 amide bonds. The van der Waals surface area contributed by atoms with Gasteiger partial charge in [0.2, 0.25) is 0 Å². The van der Waals surface area contributed by atoms with Crippen LogP contribution < -0.4 is 5.32 Å². The van der Waals surface area contributed by atoms with Crippen molar-refractivity contribution in [3.05, 3.63) is 77.4 Å². The molecule has 0 fully saturated rings. The number of rotatable bonds is 3. The quantitative estimate of drug-likeness (QED) is 0.793. The van der Waals surface area contributed by atoms with Gasteiger partial charge in [0.15, 0.2) is 0 Å². The van der Waals surface area contributed by atoms with Crippen LogP contribution in [0, 0.1) is 20.8 Å². The number of carbonyl (C=O) groups excluding carboxylic acids is 1. The number of nitrogens with one attached hydrogen (secondary N) is 1. The van der Waals surface area contributed by atoms with Gasteiger partial charge in [0, 0.05) is 18.1 Å². The maximum absolute atomic E-state index is 12.7. The van der Waals surface area contributed by atoms with Gasteiger partial charge < -0.3 is 9.88 Å². The highest BCUT2D eigenvalue weighted by Crippen LogP contribution is 2.20. The predicted molar refractivity (Wildman–Crippen MR) is 92.2 cm³/mol. The van der Waals surface area contributed by atoms with Crippen molar-refractivity contribution in [1.82, 2.24) is 9.55 Å². The molecular weight excluding hydrogens is 286 g/mol. The summed E-state index contributed by atoms with van der Waals surface area (Å²) in [4.78, 5) is 17.0. The van der Waals surface area contributed by atoms with Gasteiger partial charge in [-0.15, -0.1) is 0 Å². The third-order valence-electron chi connectivity index (χ3n) is 4.07. The highest BCUT2D eigenvalue weighted by Gasteiger charge is 2.14. The summed E-state index contributed by atoms with van der Waals surface area (Å²) in [7, 11) is 0. The molecule has 0 aliphatic rings. The average molecular weight is 305 g/mol. The molecule has 2 aromatic heterocycles. The van der Waals surface area contributed by atoms with Crippen LogP contribution in [0.2, 0.25) is 0 Å². The number of aryl methyl sites for hydroxylation is 2.